The van der Waals surface area contributed by atoms with Crippen molar-refractivity contribution in [1.82, 2.24) is 0 Å². The molecule has 0 aromatic heterocycles. The Bertz CT molecular complexity index is 929. The van der Waals surface area contributed by atoms with Gasteiger partial charge in [-0.2, -0.15) is 0 Å². The van der Waals surface area contributed by atoms with Crippen LogP contribution < -0.4 is 5.73 Å². The molecule has 0 saturated heterocycles. The normalized spacial score (nSPS) is 18.5. The maximum Gasteiger partial charge on any atom is 0.0314 e. The van der Waals surface area contributed by atoms with Gasteiger partial charge in [-0.05, 0) is 103 Å². The van der Waals surface area contributed by atoms with E-state index < -0.39 is 0 Å². The monoisotopic (exact) mass is 425 g/mol. The molecule has 2 N–H and O–H groups in total. The fourth-order valence-corrected chi connectivity index (χ4v) is 5.23. The number of benzene rings is 3. The van der Waals surface area contributed by atoms with E-state index in [0.717, 1.165) is 23.9 Å². The number of nitrogen functional groups attached to an aromatic ring is 1. The molecule has 0 spiro atoms. The topological polar surface area (TPSA) is 26.0 Å². The molecule has 0 amide bonds. The number of nitrogens with two attached hydrogens (primary N) is 1. The Morgan fingerprint density at radius 1 is 0.656 bits per heavy atom. The van der Waals surface area contributed by atoms with Crippen molar-refractivity contribution in [1.29, 1.82) is 0 Å². The number of anilines is 1. The van der Waals surface area contributed by atoms with Crippen LogP contribution in [0.2, 0.25) is 0 Å². The maximum atomic E-state index is 5.80. The van der Waals surface area contributed by atoms with E-state index in [1.165, 1.54) is 85.6 Å². The van der Waals surface area contributed by atoms with E-state index in [2.05, 4.69) is 67.6 Å². The molecule has 1 fully saturated rings. The second kappa shape index (κ2) is 11.4. The highest BCUT2D eigenvalue weighted by Gasteiger charge is 2.22. The van der Waals surface area contributed by atoms with Crippen molar-refractivity contribution >= 4 is 5.69 Å². The molecule has 0 unspecified atom stereocenters. The summed E-state index contributed by atoms with van der Waals surface area (Å²) in [4.78, 5) is 0. The maximum absolute atomic E-state index is 5.80. The van der Waals surface area contributed by atoms with Gasteiger partial charge in [-0.15, -0.1) is 0 Å². The SMILES string of the molecule is CCCCCc1ccc(CC2CCC(c3ccc(Cc4ccc(N)cc4)cc3)CC2)cc1. The van der Waals surface area contributed by atoms with Crippen LogP contribution in [0.25, 0.3) is 0 Å². The van der Waals surface area contributed by atoms with Crippen LogP contribution in [0, 0.1) is 5.92 Å². The molecule has 0 bridgehead atoms. The fourth-order valence-electron chi connectivity index (χ4n) is 5.23. The molecule has 1 aliphatic carbocycles. The van der Waals surface area contributed by atoms with Crippen LogP contribution in [-0.4, -0.2) is 0 Å². The summed E-state index contributed by atoms with van der Waals surface area (Å²) in [5.74, 6) is 1.58. The molecule has 0 atom stereocenters. The predicted molar refractivity (Wildman–Crippen MR) is 138 cm³/mol. The minimum absolute atomic E-state index is 0.734. The largest absolute Gasteiger partial charge is 0.399 e. The van der Waals surface area contributed by atoms with Crippen molar-refractivity contribution in [2.75, 3.05) is 5.73 Å². The smallest absolute Gasteiger partial charge is 0.0314 e. The first kappa shape index (κ1) is 22.6. The third kappa shape index (κ3) is 6.48. The third-order valence-electron chi connectivity index (χ3n) is 7.30. The van der Waals surface area contributed by atoms with Crippen LogP contribution in [0.3, 0.4) is 0 Å². The van der Waals surface area contributed by atoms with E-state index in [0.29, 0.717) is 0 Å². The van der Waals surface area contributed by atoms with Gasteiger partial charge in [-0.1, -0.05) is 80.4 Å². The summed E-state index contributed by atoms with van der Waals surface area (Å²) in [5, 5.41) is 0. The van der Waals surface area contributed by atoms with Crippen LogP contribution in [0.4, 0.5) is 5.69 Å². The number of unbranched alkanes of at least 4 members (excludes halogenated alkanes) is 2. The molecule has 1 nitrogen and oxygen atoms in total. The zero-order valence-corrected chi connectivity index (χ0v) is 19.7. The molecule has 0 heterocycles. The second-order valence-electron chi connectivity index (χ2n) is 9.86. The Morgan fingerprint density at radius 2 is 1.22 bits per heavy atom. The van der Waals surface area contributed by atoms with Gasteiger partial charge in [0.2, 0.25) is 0 Å². The molecule has 3 aromatic carbocycles. The molecule has 168 valence electrons. The summed E-state index contributed by atoms with van der Waals surface area (Å²) in [6.07, 6.45) is 12.8. The standard InChI is InChI=1S/C31H39N/c1-2-3-4-5-24-6-8-25(9-7-24)22-26-10-16-29(17-11-26)30-18-12-27(13-19-30)23-28-14-20-31(32)21-15-28/h6-9,12-15,18-21,26,29H,2-5,10-11,16-17,22-23,32H2,1H3. The van der Waals surface area contributed by atoms with E-state index in [1.807, 2.05) is 12.1 Å². The summed E-state index contributed by atoms with van der Waals surface area (Å²) in [5.41, 5.74) is 13.9. The minimum atomic E-state index is 0.734. The Hall–Kier alpha value is -2.54. The number of hydrogen-bond donors (Lipinski definition) is 1. The average molecular weight is 426 g/mol. The van der Waals surface area contributed by atoms with Crippen LogP contribution in [0.1, 0.15) is 85.6 Å². The summed E-state index contributed by atoms with van der Waals surface area (Å²) in [7, 11) is 0. The van der Waals surface area contributed by atoms with Crippen molar-refractivity contribution in [2.24, 2.45) is 5.92 Å². The van der Waals surface area contributed by atoms with Crippen molar-refractivity contribution in [2.45, 2.75) is 77.0 Å². The average Bonchev–Trinajstić information content (AvgIpc) is 2.83. The molecule has 32 heavy (non-hydrogen) atoms. The highest BCUT2D eigenvalue weighted by atomic mass is 14.5. The molecule has 0 radical (unpaired) electrons. The highest BCUT2D eigenvalue weighted by Crippen LogP contribution is 2.37. The second-order valence-corrected chi connectivity index (χ2v) is 9.86. The lowest BCUT2D eigenvalue weighted by atomic mass is 9.76. The van der Waals surface area contributed by atoms with E-state index >= 15 is 0 Å². The van der Waals surface area contributed by atoms with E-state index in [4.69, 9.17) is 5.73 Å². The van der Waals surface area contributed by atoms with E-state index in [9.17, 15) is 0 Å². The third-order valence-corrected chi connectivity index (χ3v) is 7.30. The number of hydrogen-bond acceptors (Lipinski definition) is 1. The molecule has 4 rings (SSSR count). The Morgan fingerprint density at radius 3 is 1.84 bits per heavy atom. The van der Waals surface area contributed by atoms with Gasteiger partial charge < -0.3 is 5.73 Å². The predicted octanol–water partition coefficient (Wildman–Crippen LogP) is 8.11. The van der Waals surface area contributed by atoms with Gasteiger partial charge in [-0.3, -0.25) is 0 Å². The van der Waals surface area contributed by atoms with Crippen LogP contribution in [-0.2, 0) is 19.3 Å². The van der Waals surface area contributed by atoms with Gasteiger partial charge in [0.05, 0.1) is 0 Å². The molecule has 1 saturated carbocycles. The van der Waals surface area contributed by atoms with E-state index in [-0.39, 0.29) is 0 Å². The lowest BCUT2D eigenvalue weighted by Gasteiger charge is -2.29. The Kier molecular flexibility index (Phi) is 8.04. The van der Waals surface area contributed by atoms with Crippen LogP contribution in [0.15, 0.2) is 72.8 Å². The molecular weight excluding hydrogens is 386 g/mol. The van der Waals surface area contributed by atoms with Gasteiger partial charge >= 0.3 is 0 Å². The lowest BCUT2D eigenvalue weighted by molar-refractivity contribution is 0.324. The molecule has 1 aliphatic rings. The number of rotatable bonds is 9. The Balaban J connectivity index is 1.24. The van der Waals surface area contributed by atoms with Crippen LogP contribution in [0.5, 0.6) is 0 Å². The highest BCUT2D eigenvalue weighted by molar-refractivity contribution is 5.41. The van der Waals surface area contributed by atoms with Gasteiger partial charge in [0.25, 0.3) is 0 Å². The molecule has 3 aromatic rings. The molecule has 1 heteroatoms. The first-order valence-corrected chi connectivity index (χ1v) is 12.7. The van der Waals surface area contributed by atoms with Crippen molar-refractivity contribution in [3.8, 4) is 0 Å². The minimum Gasteiger partial charge on any atom is -0.399 e. The van der Waals surface area contributed by atoms with Crippen LogP contribution >= 0.6 is 0 Å². The number of aryl methyl sites for hydroxylation is 1. The first-order chi connectivity index (χ1) is 15.7. The van der Waals surface area contributed by atoms with Gasteiger partial charge in [0, 0.05) is 5.69 Å². The molecule has 0 aliphatic heterocycles. The Labute approximate surface area is 195 Å². The van der Waals surface area contributed by atoms with Gasteiger partial charge in [-0.25, -0.2) is 0 Å². The van der Waals surface area contributed by atoms with E-state index in [1.54, 1.807) is 0 Å². The first-order valence-electron chi connectivity index (χ1n) is 12.7. The summed E-state index contributed by atoms with van der Waals surface area (Å²) in [6.45, 7) is 2.27. The van der Waals surface area contributed by atoms with Crippen molar-refractivity contribution in [3.63, 3.8) is 0 Å². The zero-order chi connectivity index (χ0) is 22.2. The molecular formula is C31H39N. The van der Waals surface area contributed by atoms with Crippen molar-refractivity contribution < 1.29 is 0 Å². The lowest BCUT2D eigenvalue weighted by Crippen LogP contribution is -2.15. The zero-order valence-electron chi connectivity index (χ0n) is 19.7. The fraction of sp³-hybridized carbons (Fsp3) is 0.419. The quantitative estimate of drug-likeness (QED) is 0.272. The van der Waals surface area contributed by atoms with Gasteiger partial charge in [0.1, 0.15) is 0 Å². The van der Waals surface area contributed by atoms with Crippen molar-refractivity contribution in [3.05, 3.63) is 101 Å². The van der Waals surface area contributed by atoms with Gasteiger partial charge in [0.15, 0.2) is 0 Å². The summed E-state index contributed by atoms with van der Waals surface area (Å²) in [6, 6.07) is 27.1. The summed E-state index contributed by atoms with van der Waals surface area (Å²) < 4.78 is 0. The summed E-state index contributed by atoms with van der Waals surface area (Å²) >= 11 is 0.